The van der Waals surface area contributed by atoms with Gasteiger partial charge in [0, 0.05) is 30.2 Å². The van der Waals surface area contributed by atoms with Crippen LogP contribution in [0.5, 0.6) is 0 Å². The van der Waals surface area contributed by atoms with E-state index in [0.717, 1.165) is 17.4 Å². The Morgan fingerprint density at radius 1 is 1.33 bits per heavy atom. The van der Waals surface area contributed by atoms with Crippen molar-refractivity contribution in [2.24, 2.45) is 0 Å². The number of hydrogen-bond donors (Lipinski definition) is 1. The Bertz CT molecular complexity index is 120. The number of unbranched alkanes of at least 4 members (excludes halogenated alkanes) is 2. The van der Waals surface area contributed by atoms with Gasteiger partial charge < -0.3 is 4.90 Å². The van der Waals surface area contributed by atoms with Gasteiger partial charge in [0.15, 0.2) is 0 Å². The number of hydrogen-bond acceptors (Lipinski definition) is 1. The van der Waals surface area contributed by atoms with E-state index in [9.17, 15) is 0 Å². The molecule has 0 aliphatic heterocycles. The van der Waals surface area contributed by atoms with Gasteiger partial charge in [-0.15, -0.1) is 12.6 Å². The summed E-state index contributed by atoms with van der Waals surface area (Å²) in [5.74, 6) is 0. The molecule has 0 amide bonds. The molecular formula is C8H17CuNS2. The van der Waals surface area contributed by atoms with Crippen molar-refractivity contribution in [2.45, 2.75) is 33.1 Å². The van der Waals surface area contributed by atoms with E-state index in [-0.39, 0.29) is 17.1 Å². The average molecular weight is 255 g/mol. The molecule has 0 bridgehead atoms. The van der Waals surface area contributed by atoms with Crippen molar-refractivity contribution in [1.29, 1.82) is 0 Å². The van der Waals surface area contributed by atoms with Gasteiger partial charge in [-0.2, -0.15) is 0 Å². The molecule has 0 rings (SSSR count). The van der Waals surface area contributed by atoms with E-state index in [1.165, 1.54) is 19.3 Å². The third-order valence-corrected chi connectivity index (χ3v) is 2.22. The second kappa shape index (κ2) is 9.84. The zero-order chi connectivity index (χ0) is 8.69. The van der Waals surface area contributed by atoms with Crippen LogP contribution >= 0.6 is 24.8 Å². The summed E-state index contributed by atoms with van der Waals surface area (Å²) in [5, 5.41) is 0. The largest absolute Gasteiger partial charge is 0.358 e. The molecule has 0 heterocycles. The molecule has 0 fully saturated rings. The Morgan fingerprint density at radius 3 is 2.25 bits per heavy atom. The van der Waals surface area contributed by atoms with Crippen LogP contribution in [0.2, 0.25) is 0 Å². The molecule has 1 radical (unpaired) electrons. The molecular weight excluding hydrogens is 238 g/mol. The van der Waals surface area contributed by atoms with Gasteiger partial charge >= 0.3 is 0 Å². The minimum Gasteiger partial charge on any atom is -0.358 e. The summed E-state index contributed by atoms with van der Waals surface area (Å²) >= 11 is 9.09. The van der Waals surface area contributed by atoms with Crippen LogP contribution in [0.4, 0.5) is 0 Å². The predicted octanol–water partition coefficient (Wildman–Crippen LogP) is 2.71. The van der Waals surface area contributed by atoms with Gasteiger partial charge in [-0.05, 0) is 13.3 Å². The van der Waals surface area contributed by atoms with Gasteiger partial charge in [0.2, 0.25) is 0 Å². The summed E-state index contributed by atoms with van der Waals surface area (Å²) in [5.41, 5.74) is 0. The van der Waals surface area contributed by atoms with Gasteiger partial charge in [-0.1, -0.05) is 32.0 Å². The number of nitrogens with zero attached hydrogens (tertiary/aromatic N) is 1. The molecule has 0 spiro atoms. The third kappa shape index (κ3) is 7.41. The fraction of sp³-hybridized carbons (Fsp3) is 0.875. The fourth-order valence-corrected chi connectivity index (χ4v) is 1.40. The molecule has 12 heavy (non-hydrogen) atoms. The van der Waals surface area contributed by atoms with Crippen molar-refractivity contribution in [3.8, 4) is 0 Å². The van der Waals surface area contributed by atoms with Crippen LogP contribution in [-0.2, 0) is 17.1 Å². The van der Waals surface area contributed by atoms with Crippen molar-refractivity contribution in [3.05, 3.63) is 0 Å². The quantitative estimate of drug-likeness (QED) is 0.348. The predicted molar refractivity (Wildman–Crippen MR) is 58.4 cm³/mol. The Labute approximate surface area is 97.2 Å². The summed E-state index contributed by atoms with van der Waals surface area (Å²) in [6.45, 7) is 6.35. The molecule has 0 aromatic rings. The molecule has 0 saturated carbocycles. The smallest absolute Gasteiger partial charge is 0.133 e. The maximum Gasteiger partial charge on any atom is 0.133 e. The van der Waals surface area contributed by atoms with E-state index in [1.807, 2.05) is 0 Å². The van der Waals surface area contributed by atoms with Gasteiger partial charge in [0.05, 0.1) is 0 Å². The number of thiocarbonyl (C=S) groups is 1. The van der Waals surface area contributed by atoms with Gasteiger partial charge in [0.1, 0.15) is 4.32 Å². The Hall–Kier alpha value is 0.759. The molecule has 0 aliphatic rings. The van der Waals surface area contributed by atoms with Crippen LogP contribution < -0.4 is 0 Å². The normalized spacial score (nSPS) is 8.92. The van der Waals surface area contributed by atoms with Gasteiger partial charge in [-0.3, -0.25) is 0 Å². The maximum atomic E-state index is 4.96. The Morgan fingerprint density at radius 2 is 1.92 bits per heavy atom. The molecule has 0 aromatic carbocycles. The first-order chi connectivity index (χ1) is 5.22. The van der Waals surface area contributed by atoms with E-state index < -0.39 is 0 Å². The second-order valence-electron chi connectivity index (χ2n) is 2.57. The fourth-order valence-electron chi connectivity index (χ4n) is 0.942. The third-order valence-electron chi connectivity index (χ3n) is 1.68. The minimum atomic E-state index is 0. The van der Waals surface area contributed by atoms with Crippen LogP contribution in [0.3, 0.4) is 0 Å². The monoisotopic (exact) mass is 254 g/mol. The summed E-state index contributed by atoms with van der Waals surface area (Å²) in [6, 6.07) is 0. The molecule has 1 nitrogen and oxygen atoms in total. The molecule has 0 aliphatic carbocycles. The van der Waals surface area contributed by atoms with Crippen molar-refractivity contribution in [2.75, 3.05) is 13.1 Å². The zero-order valence-electron chi connectivity index (χ0n) is 7.64. The minimum absolute atomic E-state index is 0. The van der Waals surface area contributed by atoms with Crippen molar-refractivity contribution in [3.63, 3.8) is 0 Å². The molecule has 4 heteroatoms. The van der Waals surface area contributed by atoms with Crippen LogP contribution in [0.15, 0.2) is 0 Å². The first-order valence-corrected chi connectivity index (χ1v) is 5.05. The molecule has 0 atom stereocenters. The molecule has 0 unspecified atom stereocenters. The Balaban J connectivity index is 0. The van der Waals surface area contributed by atoms with Crippen LogP contribution in [0, 0.1) is 0 Å². The average Bonchev–Trinajstić information content (AvgIpc) is 1.97. The first kappa shape index (κ1) is 15.2. The number of thiol groups is 1. The van der Waals surface area contributed by atoms with E-state index >= 15 is 0 Å². The van der Waals surface area contributed by atoms with E-state index in [0.29, 0.717) is 0 Å². The summed E-state index contributed by atoms with van der Waals surface area (Å²) in [7, 11) is 0. The number of rotatable bonds is 5. The maximum absolute atomic E-state index is 4.96. The zero-order valence-corrected chi connectivity index (χ0v) is 10.3. The SMILES string of the molecule is CCCCCN(CC)C(=S)S.[Cu]. The summed E-state index contributed by atoms with van der Waals surface area (Å²) in [6.07, 6.45) is 3.77. The summed E-state index contributed by atoms with van der Waals surface area (Å²) < 4.78 is 0.726. The van der Waals surface area contributed by atoms with E-state index in [4.69, 9.17) is 12.2 Å². The van der Waals surface area contributed by atoms with Gasteiger partial charge in [-0.25, -0.2) is 0 Å². The Kier molecular flexibility index (Phi) is 12.5. The molecule has 0 saturated heterocycles. The van der Waals surface area contributed by atoms with E-state index in [2.05, 4.69) is 31.4 Å². The van der Waals surface area contributed by atoms with Crippen molar-refractivity contribution >= 4 is 29.2 Å². The van der Waals surface area contributed by atoms with Crippen LogP contribution in [0.1, 0.15) is 33.1 Å². The summed E-state index contributed by atoms with van der Waals surface area (Å²) in [4.78, 5) is 2.12. The molecule has 0 N–H and O–H groups in total. The molecule has 0 aromatic heterocycles. The van der Waals surface area contributed by atoms with Crippen LogP contribution in [0.25, 0.3) is 0 Å². The first-order valence-electron chi connectivity index (χ1n) is 4.20. The van der Waals surface area contributed by atoms with Crippen LogP contribution in [-0.4, -0.2) is 22.3 Å². The molecule has 77 valence electrons. The topological polar surface area (TPSA) is 3.24 Å². The van der Waals surface area contributed by atoms with Crippen molar-refractivity contribution < 1.29 is 17.1 Å². The van der Waals surface area contributed by atoms with Crippen molar-refractivity contribution in [1.82, 2.24) is 4.90 Å². The van der Waals surface area contributed by atoms with E-state index in [1.54, 1.807) is 0 Å². The van der Waals surface area contributed by atoms with Gasteiger partial charge in [0.25, 0.3) is 0 Å². The standard InChI is InChI=1S/C8H17NS2.Cu/c1-3-5-6-7-9(4-2)8(10)11;/h3-7H2,1-2H3,(H,10,11);. The second-order valence-corrected chi connectivity index (χ2v) is 3.68.